The molecule has 0 aliphatic carbocycles. The van der Waals surface area contributed by atoms with E-state index < -0.39 is 0 Å². The van der Waals surface area contributed by atoms with Crippen LogP contribution in [0.5, 0.6) is 5.75 Å². The van der Waals surface area contributed by atoms with Crippen LogP contribution in [-0.4, -0.2) is 6.54 Å². The van der Waals surface area contributed by atoms with Crippen molar-refractivity contribution in [1.29, 1.82) is 0 Å². The predicted octanol–water partition coefficient (Wildman–Crippen LogP) is 4.27. The highest BCUT2D eigenvalue weighted by atomic mass is 35.5. The van der Waals surface area contributed by atoms with Gasteiger partial charge in [-0.2, -0.15) is 0 Å². The van der Waals surface area contributed by atoms with Crippen molar-refractivity contribution in [2.24, 2.45) is 0 Å². The van der Waals surface area contributed by atoms with Crippen molar-refractivity contribution in [3.05, 3.63) is 51.9 Å². The second-order valence-electron chi connectivity index (χ2n) is 4.01. The second kappa shape index (κ2) is 6.85. The Labute approximate surface area is 122 Å². The molecule has 0 radical (unpaired) electrons. The summed E-state index contributed by atoms with van der Waals surface area (Å²) in [6.07, 6.45) is 1.66. The van der Waals surface area contributed by atoms with E-state index in [2.05, 4.69) is 12.2 Å². The van der Waals surface area contributed by atoms with E-state index in [9.17, 15) is 0 Å². The standard InChI is InChI=1S/C14H15Cl2NO2/c1-2-17-8-10-5-6-18-14(10)9-19-13-7-11(15)3-4-12(13)16/h3-7,17H,2,8-9H2,1H3. The molecular weight excluding hydrogens is 285 g/mol. The first kappa shape index (κ1) is 14.3. The third-order valence-corrected chi connectivity index (χ3v) is 3.20. The Morgan fingerprint density at radius 1 is 1.26 bits per heavy atom. The molecule has 1 aromatic heterocycles. The minimum Gasteiger partial charge on any atom is -0.484 e. The highest BCUT2D eigenvalue weighted by Crippen LogP contribution is 2.28. The average Bonchev–Trinajstić information content (AvgIpc) is 2.85. The van der Waals surface area contributed by atoms with Crippen molar-refractivity contribution >= 4 is 23.2 Å². The maximum absolute atomic E-state index is 6.03. The molecule has 0 unspecified atom stereocenters. The fourth-order valence-corrected chi connectivity index (χ4v) is 1.98. The number of benzene rings is 1. The fraction of sp³-hybridized carbons (Fsp3) is 0.286. The van der Waals surface area contributed by atoms with Crippen LogP contribution >= 0.6 is 23.2 Å². The van der Waals surface area contributed by atoms with E-state index in [0.29, 0.717) is 22.4 Å². The van der Waals surface area contributed by atoms with Gasteiger partial charge in [-0.1, -0.05) is 30.1 Å². The number of furan rings is 1. The van der Waals surface area contributed by atoms with E-state index in [1.807, 2.05) is 6.07 Å². The maximum atomic E-state index is 6.03. The molecular formula is C14H15Cl2NO2. The second-order valence-corrected chi connectivity index (χ2v) is 4.86. The van der Waals surface area contributed by atoms with Gasteiger partial charge in [0.25, 0.3) is 0 Å². The van der Waals surface area contributed by atoms with Crippen LogP contribution in [0.4, 0.5) is 0 Å². The highest BCUT2D eigenvalue weighted by molar-refractivity contribution is 6.34. The molecule has 0 amide bonds. The van der Waals surface area contributed by atoms with E-state index in [0.717, 1.165) is 24.4 Å². The van der Waals surface area contributed by atoms with Gasteiger partial charge in [-0.05, 0) is 24.7 Å². The predicted molar refractivity (Wildman–Crippen MR) is 76.9 cm³/mol. The molecule has 1 heterocycles. The van der Waals surface area contributed by atoms with Gasteiger partial charge in [-0.15, -0.1) is 0 Å². The molecule has 19 heavy (non-hydrogen) atoms. The van der Waals surface area contributed by atoms with Crippen molar-refractivity contribution in [2.75, 3.05) is 6.54 Å². The minimum atomic E-state index is 0.327. The van der Waals surface area contributed by atoms with E-state index in [1.54, 1.807) is 24.5 Å². The van der Waals surface area contributed by atoms with Gasteiger partial charge < -0.3 is 14.5 Å². The summed E-state index contributed by atoms with van der Waals surface area (Å²) in [6, 6.07) is 7.05. The highest BCUT2D eigenvalue weighted by Gasteiger charge is 2.08. The van der Waals surface area contributed by atoms with Crippen LogP contribution < -0.4 is 10.1 Å². The molecule has 0 fully saturated rings. The Hall–Kier alpha value is -1.16. The Morgan fingerprint density at radius 2 is 2.11 bits per heavy atom. The summed E-state index contributed by atoms with van der Waals surface area (Å²) < 4.78 is 11.1. The Balaban J connectivity index is 2.02. The van der Waals surface area contributed by atoms with Crippen LogP contribution in [-0.2, 0) is 13.2 Å². The van der Waals surface area contributed by atoms with Crippen molar-refractivity contribution in [2.45, 2.75) is 20.1 Å². The van der Waals surface area contributed by atoms with Crippen molar-refractivity contribution in [3.63, 3.8) is 0 Å². The Kier molecular flexibility index (Phi) is 5.14. The van der Waals surface area contributed by atoms with Gasteiger partial charge in [-0.25, -0.2) is 0 Å². The zero-order chi connectivity index (χ0) is 13.7. The lowest BCUT2D eigenvalue weighted by molar-refractivity contribution is 0.268. The van der Waals surface area contributed by atoms with Crippen LogP contribution in [0.25, 0.3) is 0 Å². The molecule has 3 nitrogen and oxygen atoms in total. The summed E-state index contributed by atoms with van der Waals surface area (Å²) in [5.41, 5.74) is 1.08. The summed E-state index contributed by atoms with van der Waals surface area (Å²) in [7, 11) is 0. The van der Waals surface area contributed by atoms with E-state index in [-0.39, 0.29) is 0 Å². The Bertz CT molecular complexity index is 540. The van der Waals surface area contributed by atoms with E-state index in [4.69, 9.17) is 32.4 Å². The fourth-order valence-electron chi connectivity index (χ4n) is 1.64. The lowest BCUT2D eigenvalue weighted by atomic mass is 10.2. The molecule has 5 heteroatoms. The largest absolute Gasteiger partial charge is 0.484 e. The number of nitrogens with one attached hydrogen (secondary N) is 1. The van der Waals surface area contributed by atoms with Gasteiger partial charge in [-0.3, -0.25) is 0 Å². The SMILES string of the molecule is CCNCc1ccoc1COc1cc(Cl)ccc1Cl. The number of hydrogen-bond donors (Lipinski definition) is 1. The third kappa shape index (κ3) is 3.90. The zero-order valence-electron chi connectivity index (χ0n) is 10.6. The van der Waals surface area contributed by atoms with Gasteiger partial charge >= 0.3 is 0 Å². The molecule has 1 aromatic carbocycles. The molecule has 0 spiro atoms. The molecule has 0 aliphatic rings. The van der Waals surface area contributed by atoms with Crippen LogP contribution in [0.2, 0.25) is 10.0 Å². The first-order valence-corrected chi connectivity index (χ1v) is 6.80. The smallest absolute Gasteiger partial charge is 0.146 e. The monoisotopic (exact) mass is 299 g/mol. The third-order valence-electron chi connectivity index (χ3n) is 2.66. The lowest BCUT2D eigenvalue weighted by Gasteiger charge is -2.08. The van der Waals surface area contributed by atoms with Crippen LogP contribution in [0.3, 0.4) is 0 Å². The van der Waals surface area contributed by atoms with Crippen LogP contribution in [0.15, 0.2) is 34.9 Å². The first-order chi connectivity index (χ1) is 9.20. The van der Waals surface area contributed by atoms with Crippen molar-refractivity contribution in [1.82, 2.24) is 5.32 Å². The maximum Gasteiger partial charge on any atom is 0.146 e. The molecule has 2 rings (SSSR count). The quantitative estimate of drug-likeness (QED) is 0.865. The van der Waals surface area contributed by atoms with Crippen molar-refractivity contribution in [3.8, 4) is 5.75 Å². The molecule has 1 N–H and O–H groups in total. The van der Waals surface area contributed by atoms with Gasteiger partial charge in [0.1, 0.15) is 18.1 Å². The molecule has 102 valence electrons. The Morgan fingerprint density at radius 3 is 2.89 bits per heavy atom. The average molecular weight is 300 g/mol. The summed E-state index contributed by atoms with van der Waals surface area (Å²) in [5.74, 6) is 1.34. The summed E-state index contributed by atoms with van der Waals surface area (Å²) in [4.78, 5) is 0. The molecule has 0 atom stereocenters. The summed E-state index contributed by atoms with van der Waals surface area (Å²) >= 11 is 11.9. The van der Waals surface area contributed by atoms with E-state index in [1.165, 1.54) is 0 Å². The normalized spacial score (nSPS) is 10.7. The number of rotatable bonds is 6. The van der Waals surface area contributed by atoms with Crippen LogP contribution in [0.1, 0.15) is 18.2 Å². The summed E-state index contributed by atoms with van der Waals surface area (Å²) in [5, 5.41) is 4.37. The number of halogens is 2. The molecule has 0 saturated heterocycles. The topological polar surface area (TPSA) is 34.4 Å². The number of hydrogen-bond acceptors (Lipinski definition) is 3. The van der Waals surface area contributed by atoms with E-state index >= 15 is 0 Å². The van der Waals surface area contributed by atoms with Crippen LogP contribution in [0, 0.1) is 0 Å². The summed E-state index contributed by atoms with van der Waals surface area (Å²) in [6.45, 7) is 4.05. The minimum absolute atomic E-state index is 0.327. The number of ether oxygens (including phenoxy) is 1. The molecule has 2 aromatic rings. The molecule has 0 aliphatic heterocycles. The first-order valence-electron chi connectivity index (χ1n) is 6.04. The lowest BCUT2D eigenvalue weighted by Crippen LogP contribution is -2.12. The van der Waals surface area contributed by atoms with Gasteiger partial charge in [0.05, 0.1) is 11.3 Å². The van der Waals surface area contributed by atoms with Crippen molar-refractivity contribution < 1.29 is 9.15 Å². The van der Waals surface area contributed by atoms with Gasteiger partial charge in [0.2, 0.25) is 0 Å². The zero-order valence-corrected chi connectivity index (χ0v) is 12.1. The molecule has 0 bridgehead atoms. The molecule has 0 saturated carbocycles. The van der Waals surface area contributed by atoms with Gasteiger partial charge in [0, 0.05) is 23.2 Å². The van der Waals surface area contributed by atoms with Gasteiger partial charge in [0.15, 0.2) is 0 Å².